The molecule has 3 rings (SSSR count). The third kappa shape index (κ3) is 2.06. The topological polar surface area (TPSA) is 40.5 Å². The summed E-state index contributed by atoms with van der Waals surface area (Å²) in [6, 6.07) is 12.1. The monoisotopic (exact) mass is 270 g/mol. The summed E-state index contributed by atoms with van der Waals surface area (Å²) in [6.45, 7) is 4.26. The highest BCUT2D eigenvalue weighted by Gasteiger charge is 2.18. The number of rotatable bonds is 2. The summed E-state index contributed by atoms with van der Waals surface area (Å²) < 4.78 is 2.49. The summed E-state index contributed by atoms with van der Waals surface area (Å²) in [5.74, 6) is 0.356. The molecule has 1 aromatic heterocycles. The van der Waals surface area contributed by atoms with Crippen molar-refractivity contribution in [3.8, 4) is 0 Å². The van der Waals surface area contributed by atoms with Crippen molar-refractivity contribution in [2.45, 2.75) is 19.8 Å². The van der Waals surface area contributed by atoms with Crippen molar-refractivity contribution in [2.24, 2.45) is 0 Å². The quantitative estimate of drug-likeness (QED) is 0.703. The maximum absolute atomic E-state index is 9.46. The zero-order chi connectivity index (χ0) is 13.6. The number of fused-ring (bicyclic) bond motifs is 3. The molecule has 0 amide bonds. The third-order valence-corrected chi connectivity index (χ3v) is 4.69. The molecule has 0 unspecified atom stereocenters. The normalized spacial score (nSPS) is 11.6. The van der Waals surface area contributed by atoms with Crippen molar-refractivity contribution in [1.29, 1.82) is 0 Å². The highest BCUT2D eigenvalue weighted by atomic mass is 32.1. The van der Waals surface area contributed by atoms with Gasteiger partial charge in [-0.1, -0.05) is 44.2 Å². The van der Waals surface area contributed by atoms with E-state index in [4.69, 9.17) is 0 Å². The molecule has 96 valence electrons. The summed E-state index contributed by atoms with van der Waals surface area (Å²) in [6.07, 6.45) is 0. The van der Waals surface area contributed by atoms with Gasteiger partial charge >= 0.3 is 7.12 Å². The average Bonchev–Trinajstić information content (AvgIpc) is 2.75. The highest BCUT2D eigenvalue weighted by Crippen LogP contribution is 2.37. The Morgan fingerprint density at radius 3 is 2.47 bits per heavy atom. The Balaban J connectivity index is 2.45. The fourth-order valence-corrected chi connectivity index (χ4v) is 3.80. The molecular formula is C15H15BO2S. The summed E-state index contributed by atoms with van der Waals surface area (Å²) in [5, 5.41) is 21.2. The second-order valence-corrected chi connectivity index (χ2v) is 6.17. The predicted octanol–water partition coefficient (Wildman–Crippen LogP) is 2.86. The third-order valence-electron chi connectivity index (χ3n) is 3.45. The van der Waals surface area contributed by atoms with E-state index in [9.17, 15) is 10.0 Å². The lowest BCUT2D eigenvalue weighted by Crippen LogP contribution is -2.30. The van der Waals surface area contributed by atoms with Crippen molar-refractivity contribution in [3.63, 3.8) is 0 Å². The minimum Gasteiger partial charge on any atom is -0.423 e. The van der Waals surface area contributed by atoms with E-state index in [-0.39, 0.29) is 0 Å². The van der Waals surface area contributed by atoms with E-state index in [1.165, 1.54) is 20.3 Å². The molecule has 19 heavy (non-hydrogen) atoms. The van der Waals surface area contributed by atoms with Crippen LogP contribution < -0.4 is 5.46 Å². The van der Waals surface area contributed by atoms with Crippen LogP contribution in [0.15, 0.2) is 36.4 Å². The minimum atomic E-state index is -1.42. The van der Waals surface area contributed by atoms with Crippen LogP contribution in [0.3, 0.4) is 0 Å². The predicted molar refractivity (Wildman–Crippen MR) is 83.2 cm³/mol. The van der Waals surface area contributed by atoms with Crippen LogP contribution in [0.5, 0.6) is 0 Å². The Morgan fingerprint density at radius 1 is 1.05 bits per heavy atom. The Hall–Kier alpha value is -1.36. The van der Waals surface area contributed by atoms with E-state index >= 15 is 0 Å². The zero-order valence-corrected chi connectivity index (χ0v) is 11.7. The molecule has 3 aromatic rings. The minimum absolute atomic E-state index is 0.356. The fourth-order valence-electron chi connectivity index (χ4n) is 2.45. The molecule has 0 aliphatic carbocycles. The molecule has 0 saturated heterocycles. The fraction of sp³-hybridized carbons (Fsp3) is 0.200. The van der Waals surface area contributed by atoms with Gasteiger partial charge in [0.1, 0.15) is 0 Å². The molecule has 0 aliphatic rings. The van der Waals surface area contributed by atoms with E-state index in [2.05, 4.69) is 26.0 Å². The first-order chi connectivity index (χ1) is 9.08. The van der Waals surface area contributed by atoms with Gasteiger partial charge in [0.25, 0.3) is 0 Å². The molecule has 2 N–H and O–H groups in total. The van der Waals surface area contributed by atoms with Crippen LogP contribution in [0.2, 0.25) is 0 Å². The Bertz CT molecular complexity index is 746. The van der Waals surface area contributed by atoms with Gasteiger partial charge < -0.3 is 10.0 Å². The highest BCUT2D eigenvalue weighted by molar-refractivity contribution is 7.26. The lowest BCUT2D eigenvalue weighted by Gasteiger charge is -2.10. The molecule has 4 heteroatoms. The second-order valence-electron chi connectivity index (χ2n) is 5.11. The van der Waals surface area contributed by atoms with E-state index in [0.717, 1.165) is 5.39 Å². The lowest BCUT2D eigenvalue weighted by molar-refractivity contribution is 0.426. The zero-order valence-electron chi connectivity index (χ0n) is 10.9. The van der Waals surface area contributed by atoms with Crippen molar-refractivity contribution in [1.82, 2.24) is 0 Å². The maximum atomic E-state index is 9.46. The van der Waals surface area contributed by atoms with Crippen LogP contribution in [-0.2, 0) is 0 Å². The first-order valence-electron chi connectivity index (χ1n) is 6.39. The molecule has 1 heterocycles. The molecule has 0 saturated carbocycles. The molecule has 2 nitrogen and oxygen atoms in total. The van der Waals surface area contributed by atoms with E-state index in [0.29, 0.717) is 11.4 Å². The number of thiophene rings is 1. The van der Waals surface area contributed by atoms with Gasteiger partial charge in [-0.25, -0.2) is 0 Å². The van der Waals surface area contributed by atoms with Crippen LogP contribution in [0.4, 0.5) is 0 Å². The lowest BCUT2D eigenvalue weighted by atomic mass is 9.78. The van der Waals surface area contributed by atoms with Crippen molar-refractivity contribution in [3.05, 3.63) is 42.0 Å². The molecule has 2 aromatic carbocycles. The van der Waals surface area contributed by atoms with E-state index < -0.39 is 7.12 Å². The van der Waals surface area contributed by atoms with Gasteiger partial charge in [-0.15, -0.1) is 11.3 Å². The van der Waals surface area contributed by atoms with Gasteiger partial charge in [-0.2, -0.15) is 0 Å². The van der Waals surface area contributed by atoms with Gasteiger partial charge in [0.15, 0.2) is 0 Å². The first-order valence-corrected chi connectivity index (χ1v) is 7.21. The SMILES string of the molecule is CC(C)c1cc(B(O)O)cc2c1sc1ccccc12. The van der Waals surface area contributed by atoms with Gasteiger partial charge in [0.2, 0.25) is 0 Å². The van der Waals surface area contributed by atoms with Crippen LogP contribution >= 0.6 is 11.3 Å². The smallest absolute Gasteiger partial charge is 0.423 e. The number of hydrogen-bond donors (Lipinski definition) is 2. The number of hydrogen-bond acceptors (Lipinski definition) is 3. The summed E-state index contributed by atoms with van der Waals surface area (Å²) in [7, 11) is -1.42. The van der Waals surface area contributed by atoms with Crippen molar-refractivity contribution in [2.75, 3.05) is 0 Å². The molecule has 0 bridgehead atoms. The second kappa shape index (κ2) is 4.64. The van der Waals surface area contributed by atoms with Crippen LogP contribution in [0.25, 0.3) is 20.2 Å². The van der Waals surface area contributed by atoms with E-state index in [1.54, 1.807) is 11.3 Å². The summed E-state index contributed by atoms with van der Waals surface area (Å²) >= 11 is 1.77. The molecule has 0 spiro atoms. The van der Waals surface area contributed by atoms with Crippen LogP contribution in [-0.4, -0.2) is 17.2 Å². The average molecular weight is 270 g/mol. The largest absolute Gasteiger partial charge is 0.488 e. The van der Waals surface area contributed by atoms with Crippen molar-refractivity contribution >= 4 is 44.1 Å². The molecule has 0 radical (unpaired) electrons. The maximum Gasteiger partial charge on any atom is 0.488 e. The van der Waals surface area contributed by atoms with Crippen molar-refractivity contribution < 1.29 is 10.0 Å². The Morgan fingerprint density at radius 2 is 1.79 bits per heavy atom. The summed E-state index contributed by atoms with van der Waals surface area (Å²) in [5.41, 5.74) is 1.75. The summed E-state index contributed by atoms with van der Waals surface area (Å²) in [4.78, 5) is 0. The standard InChI is InChI=1S/C15H15BO2S/c1-9(2)12-7-10(16(17)18)8-13-11-5-3-4-6-14(11)19-15(12)13/h3-9,17-18H,1-2H3. The molecular weight excluding hydrogens is 255 g/mol. The van der Waals surface area contributed by atoms with Gasteiger partial charge in [0.05, 0.1) is 0 Å². The first kappa shape index (κ1) is 12.7. The molecule has 0 atom stereocenters. The Kier molecular flexibility index (Phi) is 3.09. The Labute approximate surface area is 116 Å². The van der Waals surface area contributed by atoms with Gasteiger partial charge in [-0.05, 0) is 23.0 Å². The van der Waals surface area contributed by atoms with Crippen LogP contribution in [0, 0.1) is 0 Å². The molecule has 0 aliphatic heterocycles. The van der Waals surface area contributed by atoms with E-state index in [1.807, 2.05) is 24.3 Å². The number of benzene rings is 2. The van der Waals surface area contributed by atoms with Gasteiger partial charge in [0, 0.05) is 20.2 Å². The van der Waals surface area contributed by atoms with Gasteiger partial charge in [-0.3, -0.25) is 0 Å². The van der Waals surface area contributed by atoms with Crippen LogP contribution in [0.1, 0.15) is 25.3 Å². The molecule has 0 fully saturated rings.